The van der Waals surface area contributed by atoms with Crippen molar-refractivity contribution >= 4 is 5.91 Å². The molecule has 0 radical (unpaired) electrons. The van der Waals surface area contributed by atoms with E-state index in [1.807, 2.05) is 18.7 Å². The Bertz CT molecular complexity index is 463. The van der Waals surface area contributed by atoms with Crippen LogP contribution in [-0.2, 0) is 4.79 Å². The largest absolute Gasteiger partial charge is 0.348 e. The molecule has 0 aliphatic heterocycles. The number of hydrogen-bond donors (Lipinski definition) is 1. The number of nitrogens with zero attached hydrogens (tertiary/aromatic N) is 2. The van der Waals surface area contributed by atoms with Gasteiger partial charge in [0.05, 0.1) is 12.6 Å². The van der Waals surface area contributed by atoms with Crippen LogP contribution in [0.3, 0.4) is 0 Å². The third-order valence-electron chi connectivity index (χ3n) is 3.46. The normalized spacial score (nSPS) is 14.0. The maximum atomic E-state index is 14.1. The Balaban J connectivity index is 3.09. The molecule has 1 rings (SSSR count). The van der Waals surface area contributed by atoms with Crippen LogP contribution < -0.4 is 5.73 Å². The van der Waals surface area contributed by atoms with Crippen molar-refractivity contribution in [2.24, 2.45) is 5.73 Å². The summed E-state index contributed by atoms with van der Waals surface area (Å²) in [6.07, 6.45) is 0.873. The number of rotatable bonds is 7. The van der Waals surface area contributed by atoms with E-state index in [1.54, 1.807) is 37.2 Å². The first kappa shape index (κ1) is 17.6. The van der Waals surface area contributed by atoms with E-state index in [0.717, 1.165) is 6.42 Å². The van der Waals surface area contributed by atoms with Gasteiger partial charge in [-0.2, -0.15) is 0 Å². The zero-order valence-electron chi connectivity index (χ0n) is 13.3. The molecule has 2 unspecified atom stereocenters. The average Bonchev–Trinajstić information content (AvgIpc) is 2.40. The van der Waals surface area contributed by atoms with Crippen LogP contribution in [0.1, 0.15) is 31.9 Å². The molecule has 0 saturated carbocycles. The summed E-state index contributed by atoms with van der Waals surface area (Å²) < 4.78 is 14.1. The van der Waals surface area contributed by atoms with E-state index in [1.165, 1.54) is 6.07 Å². The number of halogens is 1. The van der Waals surface area contributed by atoms with Gasteiger partial charge in [-0.25, -0.2) is 4.39 Å². The minimum atomic E-state index is -0.310. The molecular weight excluding hydrogens is 269 g/mol. The molecule has 0 fully saturated rings. The molecule has 1 amide bonds. The zero-order chi connectivity index (χ0) is 16.0. The lowest BCUT2D eigenvalue weighted by Crippen LogP contribution is -2.45. The summed E-state index contributed by atoms with van der Waals surface area (Å²) in [5, 5.41) is 0. The highest BCUT2D eigenvalue weighted by Crippen LogP contribution is 2.26. The van der Waals surface area contributed by atoms with Gasteiger partial charge in [0.15, 0.2) is 0 Å². The Morgan fingerprint density at radius 1 is 1.33 bits per heavy atom. The molecule has 5 heteroatoms. The van der Waals surface area contributed by atoms with Crippen molar-refractivity contribution in [2.45, 2.75) is 32.4 Å². The van der Waals surface area contributed by atoms with E-state index in [-0.39, 0.29) is 30.4 Å². The lowest BCUT2D eigenvalue weighted by molar-refractivity contribution is -0.130. The fourth-order valence-corrected chi connectivity index (χ4v) is 2.45. The third kappa shape index (κ3) is 4.79. The predicted octanol–water partition coefficient (Wildman–Crippen LogP) is 2.01. The third-order valence-corrected chi connectivity index (χ3v) is 3.46. The Kier molecular flexibility index (Phi) is 6.78. The van der Waals surface area contributed by atoms with Gasteiger partial charge in [0, 0.05) is 25.7 Å². The zero-order valence-corrected chi connectivity index (χ0v) is 13.3. The van der Waals surface area contributed by atoms with E-state index >= 15 is 0 Å². The maximum Gasteiger partial charge on any atom is 0.236 e. The first-order chi connectivity index (χ1) is 9.88. The van der Waals surface area contributed by atoms with Gasteiger partial charge in [-0.05, 0) is 26.0 Å². The van der Waals surface area contributed by atoms with Crippen molar-refractivity contribution in [3.05, 3.63) is 35.6 Å². The quantitative estimate of drug-likeness (QED) is 0.837. The Labute approximate surface area is 126 Å². The van der Waals surface area contributed by atoms with E-state index in [9.17, 15) is 9.18 Å². The number of amides is 1. The second-order valence-corrected chi connectivity index (χ2v) is 5.58. The van der Waals surface area contributed by atoms with Gasteiger partial charge < -0.3 is 10.6 Å². The summed E-state index contributed by atoms with van der Waals surface area (Å²) in [4.78, 5) is 15.5. The molecular formula is C16H26FN3O. The van der Waals surface area contributed by atoms with Gasteiger partial charge in [0.2, 0.25) is 5.91 Å². The number of benzene rings is 1. The van der Waals surface area contributed by atoms with E-state index in [0.29, 0.717) is 12.1 Å². The molecule has 0 aliphatic rings. The molecule has 21 heavy (non-hydrogen) atoms. The van der Waals surface area contributed by atoms with E-state index in [2.05, 4.69) is 0 Å². The fraction of sp³-hybridized carbons (Fsp3) is 0.562. The minimum Gasteiger partial charge on any atom is -0.348 e. The first-order valence-electron chi connectivity index (χ1n) is 7.32. The smallest absolute Gasteiger partial charge is 0.236 e. The number of nitrogens with two attached hydrogens (primary N) is 1. The van der Waals surface area contributed by atoms with Crippen LogP contribution in [0.15, 0.2) is 24.3 Å². The molecule has 0 saturated heterocycles. The van der Waals surface area contributed by atoms with Crippen LogP contribution in [0.5, 0.6) is 0 Å². The molecule has 0 spiro atoms. The summed E-state index contributed by atoms with van der Waals surface area (Å²) in [7, 11) is 3.44. The van der Waals surface area contributed by atoms with Crippen molar-refractivity contribution in [1.82, 2.24) is 9.80 Å². The van der Waals surface area contributed by atoms with Crippen LogP contribution in [0.4, 0.5) is 4.39 Å². The second-order valence-electron chi connectivity index (χ2n) is 5.58. The number of carbonyl (C=O) groups excluding carboxylic acids is 1. The second kappa shape index (κ2) is 8.10. The monoisotopic (exact) mass is 295 g/mol. The van der Waals surface area contributed by atoms with E-state index in [4.69, 9.17) is 5.73 Å². The van der Waals surface area contributed by atoms with Crippen molar-refractivity contribution < 1.29 is 9.18 Å². The molecule has 0 bridgehead atoms. The Hall–Kier alpha value is -1.46. The molecule has 0 heterocycles. The molecule has 1 aromatic rings. The number of carbonyl (C=O) groups is 1. The summed E-state index contributed by atoms with van der Waals surface area (Å²) in [6.45, 7) is 4.81. The van der Waals surface area contributed by atoms with Crippen molar-refractivity contribution in [3.8, 4) is 0 Å². The van der Waals surface area contributed by atoms with Crippen molar-refractivity contribution in [3.63, 3.8) is 0 Å². The molecule has 2 N–H and O–H groups in total. The van der Waals surface area contributed by atoms with Gasteiger partial charge in [-0.1, -0.05) is 25.1 Å². The molecule has 4 nitrogen and oxygen atoms in total. The Morgan fingerprint density at radius 3 is 2.43 bits per heavy atom. The predicted molar refractivity (Wildman–Crippen MR) is 83.3 cm³/mol. The van der Waals surface area contributed by atoms with Gasteiger partial charge in [0.25, 0.3) is 0 Å². The van der Waals surface area contributed by atoms with Crippen LogP contribution in [0.2, 0.25) is 0 Å². The van der Waals surface area contributed by atoms with Gasteiger partial charge in [0.1, 0.15) is 5.82 Å². The summed E-state index contributed by atoms with van der Waals surface area (Å²) in [6, 6.07) is 6.05. The number of likely N-dealkylation sites (N-methyl/N-ethyl adjacent to an activating group) is 1. The summed E-state index contributed by atoms with van der Waals surface area (Å²) in [5.74, 6) is -0.288. The van der Waals surface area contributed by atoms with Crippen LogP contribution in [0, 0.1) is 5.82 Å². The molecule has 118 valence electrons. The lowest BCUT2D eigenvalue weighted by atomic mass is 9.98. The lowest BCUT2D eigenvalue weighted by Gasteiger charge is -2.34. The highest BCUT2D eigenvalue weighted by atomic mass is 19.1. The van der Waals surface area contributed by atoms with Crippen molar-refractivity contribution in [1.29, 1.82) is 0 Å². The van der Waals surface area contributed by atoms with E-state index < -0.39 is 0 Å². The SMILES string of the molecule is CCCN(CC(=O)N(C)C)C(c1ccccc1F)C(C)N. The van der Waals surface area contributed by atoms with Gasteiger partial charge in [-0.3, -0.25) is 9.69 Å². The fourth-order valence-electron chi connectivity index (χ4n) is 2.45. The molecule has 0 aromatic heterocycles. The summed E-state index contributed by atoms with van der Waals surface area (Å²) in [5.41, 5.74) is 6.64. The minimum absolute atomic E-state index is 0.00885. The first-order valence-corrected chi connectivity index (χ1v) is 7.32. The van der Waals surface area contributed by atoms with Crippen LogP contribution in [-0.4, -0.2) is 48.9 Å². The standard InChI is InChI=1S/C16H26FN3O/c1-5-10-20(11-15(21)19(3)4)16(12(2)18)13-8-6-7-9-14(13)17/h6-9,12,16H,5,10-11,18H2,1-4H3. The number of hydrogen-bond acceptors (Lipinski definition) is 3. The molecule has 2 atom stereocenters. The van der Waals surface area contributed by atoms with Crippen LogP contribution >= 0.6 is 0 Å². The topological polar surface area (TPSA) is 49.6 Å². The van der Waals surface area contributed by atoms with Gasteiger partial charge >= 0.3 is 0 Å². The molecule has 0 aliphatic carbocycles. The van der Waals surface area contributed by atoms with Gasteiger partial charge in [-0.15, -0.1) is 0 Å². The highest BCUT2D eigenvalue weighted by molar-refractivity contribution is 5.77. The van der Waals surface area contributed by atoms with Crippen molar-refractivity contribution in [2.75, 3.05) is 27.2 Å². The average molecular weight is 295 g/mol. The maximum absolute atomic E-state index is 14.1. The highest BCUT2D eigenvalue weighted by Gasteiger charge is 2.27. The Morgan fingerprint density at radius 2 is 1.95 bits per heavy atom. The summed E-state index contributed by atoms with van der Waals surface area (Å²) >= 11 is 0. The van der Waals surface area contributed by atoms with Crippen LogP contribution in [0.25, 0.3) is 0 Å². The molecule has 1 aromatic carbocycles.